The number of hydrogen-bond acceptors (Lipinski definition) is 4. The smallest absolute Gasteiger partial charge is 0.325 e. The van der Waals surface area contributed by atoms with Crippen LogP contribution in [0.1, 0.15) is 44.4 Å². The number of hydrogen-bond donors (Lipinski definition) is 2. The van der Waals surface area contributed by atoms with Gasteiger partial charge >= 0.3 is 6.03 Å². The first-order valence-electron chi connectivity index (χ1n) is 8.93. The highest BCUT2D eigenvalue weighted by Crippen LogP contribution is 2.29. The van der Waals surface area contributed by atoms with Gasteiger partial charge in [0.25, 0.3) is 5.91 Å². The van der Waals surface area contributed by atoms with E-state index in [-0.39, 0.29) is 6.54 Å². The summed E-state index contributed by atoms with van der Waals surface area (Å²) >= 11 is 0. The third kappa shape index (κ3) is 3.58. The zero-order valence-electron chi connectivity index (χ0n) is 15.6. The van der Waals surface area contributed by atoms with Gasteiger partial charge in [-0.15, -0.1) is 0 Å². The molecule has 1 aliphatic heterocycles. The Hall–Kier alpha value is -3.09. The van der Waals surface area contributed by atoms with Crippen molar-refractivity contribution in [2.75, 3.05) is 11.9 Å². The Balaban J connectivity index is 1.66. The molecule has 0 aliphatic carbocycles. The SMILES string of the molecule is CC[C@H](C)c1ccc(NC(=O)CN2C(=O)N[C@](C)(c3ccco3)C2=O)cc1. The Morgan fingerprint density at radius 2 is 1.96 bits per heavy atom. The number of imide groups is 1. The predicted molar refractivity (Wildman–Crippen MR) is 100 cm³/mol. The maximum Gasteiger partial charge on any atom is 0.325 e. The van der Waals surface area contributed by atoms with Gasteiger partial charge in [0, 0.05) is 5.69 Å². The minimum absolute atomic E-state index is 0.324. The number of rotatable bonds is 6. The Labute approximate surface area is 157 Å². The largest absolute Gasteiger partial charge is 0.466 e. The van der Waals surface area contributed by atoms with E-state index in [0.29, 0.717) is 17.4 Å². The molecular weight excluding hydrogens is 346 g/mol. The first-order chi connectivity index (χ1) is 12.8. The second kappa shape index (κ2) is 7.26. The zero-order valence-corrected chi connectivity index (χ0v) is 15.6. The van der Waals surface area contributed by atoms with Crippen LogP contribution >= 0.6 is 0 Å². The summed E-state index contributed by atoms with van der Waals surface area (Å²) in [5.74, 6) is -0.201. The van der Waals surface area contributed by atoms with Crippen molar-refractivity contribution in [1.29, 1.82) is 0 Å². The van der Waals surface area contributed by atoms with Gasteiger partial charge in [0.05, 0.1) is 6.26 Å². The third-order valence-electron chi connectivity index (χ3n) is 4.97. The molecule has 1 aliphatic rings. The van der Waals surface area contributed by atoms with E-state index in [1.807, 2.05) is 24.3 Å². The van der Waals surface area contributed by atoms with Gasteiger partial charge < -0.3 is 15.1 Å². The summed E-state index contributed by atoms with van der Waals surface area (Å²) in [6.07, 6.45) is 2.46. The monoisotopic (exact) mass is 369 g/mol. The fourth-order valence-corrected chi connectivity index (χ4v) is 3.05. The summed E-state index contributed by atoms with van der Waals surface area (Å²) in [4.78, 5) is 38.1. The number of nitrogens with zero attached hydrogens (tertiary/aromatic N) is 1. The summed E-state index contributed by atoms with van der Waals surface area (Å²) in [6, 6.07) is 10.2. The van der Waals surface area contributed by atoms with E-state index in [4.69, 9.17) is 4.42 Å². The maximum absolute atomic E-state index is 12.7. The molecule has 7 heteroatoms. The van der Waals surface area contributed by atoms with E-state index in [1.54, 1.807) is 19.1 Å². The zero-order chi connectivity index (χ0) is 19.6. The topological polar surface area (TPSA) is 91.7 Å². The fraction of sp³-hybridized carbons (Fsp3) is 0.350. The van der Waals surface area contributed by atoms with Crippen molar-refractivity contribution < 1.29 is 18.8 Å². The van der Waals surface area contributed by atoms with Crippen LogP contribution in [0.25, 0.3) is 0 Å². The van der Waals surface area contributed by atoms with Crippen LogP contribution in [-0.4, -0.2) is 29.3 Å². The predicted octanol–water partition coefficient (Wildman–Crippen LogP) is 3.20. The molecule has 1 fully saturated rings. The molecule has 1 aromatic heterocycles. The Kier molecular flexibility index (Phi) is 5.03. The molecule has 1 saturated heterocycles. The van der Waals surface area contributed by atoms with Crippen molar-refractivity contribution in [3.05, 3.63) is 54.0 Å². The van der Waals surface area contributed by atoms with Gasteiger partial charge in [0.15, 0.2) is 5.54 Å². The average Bonchev–Trinajstić information content (AvgIpc) is 3.26. The number of furan rings is 1. The van der Waals surface area contributed by atoms with Crippen molar-refractivity contribution in [2.45, 2.75) is 38.6 Å². The first kappa shape index (κ1) is 18.7. The molecule has 1 aromatic carbocycles. The lowest BCUT2D eigenvalue weighted by molar-refractivity contribution is -0.134. The van der Waals surface area contributed by atoms with E-state index >= 15 is 0 Å². The van der Waals surface area contributed by atoms with E-state index in [9.17, 15) is 14.4 Å². The molecular formula is C20H23N3O4. The number of amides is 4. The molecule has 2 atom stereocenters. The fourth-order valence-electron chi connectivity index (χ4n) is 3.05. The van der Waals surface area contributed by atoms with Crippen LogP contribution < -0.4 is 10.6 Å². The lowest BCUT2D eigenvalue weighted by Crippen LogP contribution is -2.41. The minimum Gasteiger partial charge on any atom is -0.466 e. The van der Waals surface area contributed by atoms with Crippen molar-refractivity contribution in [1.82, 2.24) is 10.2 Å². The lowest BCUT2D eigenvalue weighted by Gasteiger charge is -2.18. The average molecular weight is 369 g/mol. The van der Waals surface area contributed by atoms with Crippen molar-refractivity contribution in [3.8, 4) is 0 Å². The summed E-state index contributed by atoms with van der Waals surface area (Å²) < 4.78 is 5.27. The van der Waals surface area contributed by atoms with Crippen LogP contribution in [0.5, 0.6) is 0 Å². The maximum atomic E-state index is 12.7. The van der Waals surface area contributed by atoms with Crippen LogP contribution in [0.4, 0.5) is 10.5 Å². The highest BCUT2D eigenvalue weighted by molar-refractivity contribution is 6.10. The van der Waals surface area contributed by atoms with Gasteiger partial charge in [-0.05, 0) is 49.1 Å². The molecule has 2 heterocycles. The Morgan fingerprint density at radius 1 is 1.26 bits per heavy atom. The lowest BCUT2D eigenvalue weighted by atomic mass is 9.98. The summed E-state index contributed by atoms with van der Waals surface area (Å²) in [5.41, 5.74) is 0.505. The molecule has 0 radical (unpaired) electrons. The Morgan fingerprint density at radius 3 is 2.56 bits per heavy atom. The molecule has 2 N–H and O–H groups in total. The summed E-state index contributed by atoms with van der Waals surface area (Å²) in [5, 5.41) is 5.31. The molecule has 0 saturated carbocycles. The van der Waals surface area contributed by atoms with E-state index in [1.165, 1.54) is 11.8 Å². The molecule has 7 nitrogen and oxygen atoms in total. The van der Waals surface area contributed by atoms with Gasteiger partial charge in [0.1, 0.15) is 12.3 Å². The van der Waals surface area contributed by atoms with E-state index in [2.05, 4.69) is 24.5 Å². The molecule has 0 unspecified atom stereocenters. The second-order valence-corrected chi connectivity index (χ2v) is 6.90. The molecule has 27 heavy (non-hydrogen) atoms. The van der Waals surface area contributed by atoms with Crippen LogP contribution in [0.3, 0.4) is 0 Å². The van der Waals surface area contributed by atoms with Crippen LogP contribution in [0.15, 0.2) is 47.1 Å². The van der Waals surface area contributed by atoms with E-state index < -0.39 is 23.4 Å². The molecule has 142 valence electrons. The van der Waals surface area contributed by atoms with Crippen LogP contribution in [0.2, 0.25) is 0 Å². The number of carbonyl (C=O) groups excluding carboxylic acids is 3. The first-order valence-corrected chi connectivity index (χ1v) is 8.93. The molecule has 0 spiro atoms. The van der Waals surface area contributed by atoms with Crippen molar-refractivity contribution in [2.24, 2.45) is 0 Å². The quantitative estimate of drug-likeness (QED) is 0.765. The molecule has 2 aromatic rings. The standard InChI is InChI=1S/C20H23N3O4/c1-4-13(2)14-7-9-15(10-8-14)21-17(24)12-23-18(25)20(3,22-19(23)26)16-6-5-11-27-16/h5-11,13H,4,12H2,1-3H3,(H,21,24)(H,22,26)/t13-,20+/m0/s1. The van der Waals surface area contributed by atoms with Gasteiger partial charge in [-0.1, -0.05) is 26.0 Å². The summed E-state index contributed by atoms with van der Waals surface area (Å²) in [7, 11) is 0. The molecule has 4 amide bonds. The van der Waals surface area contributed by atoms with Gasteiger partial charge in [-0.3, -0.25) is 14.5 Å². The Bertz CT molecular complexity index is 845. The number of nitrogens with one attached hydrogen (secondary N) is 2. The molecule has 3 rings (SSSR count). The van der Waals surface area contributed by atoms with Crippen LogP contribution in [0, 0.1) is 0 Å². The van der Waals surface area contributed by atoms with Gasteiger partial charge in [0.2, 0.25) is 5.91 Å². The highest BCUT2D eigenvalue weighted by Gasteiger charge is 2.51. The van der Waals surface area contributed by atoms with Crippen molar-refractivity contribution >= 4 is 23.5 Å². The molecule has 0 bridgehead atoms. The normalized spacial score (nSPS) is 20.5. The minimum atomic E-state index is -1.31. The summed E-state index contributed by atoms with van der Waals surface area (Å²) in [6.45, 7) is 5.45. The third-order valence-corrected chi connectivity index (χ3v) is 4.97. The van der Waals surface area contributed by atoms with Crippen molar-refractivity contribution in [3.63, 3.8) is 0 Å². The second-order valence-electron chi connectivity index (χ2n) is 6.90. The number of anilines is 1. The van der Waals surface area contributed by atoms with Crippen LogP contribution in [-0.2, 0) is 15.1 Å². The number of benzene rings is 1. The highest BCUT2D eigenvalue weighted by atomic mass is 16.3. The van der Waals surface area contributed by atoms with Gasteiger partial charge in [-0.25, -0.2) is 4.79 Å². The van der Waals surface area contributed by atoms with Gasteiger partial charge in [-0.2, -0.15) is 0 Å². The van der Waals surface area contributed by atoms with E-state index in [0.717, 1.165) is 11.3 Å². The number of urea groups is 1. The number of carbonyl (C=O) groups is 3.